The van der Waals surface area contributed by atoms with Gasteiger partial charge in [-0.2, -0.15) is 0 Å². The van der Waals surface area contributed by atoms with Crippen molar-refractivity contribution < 1.29 is 9.90 Å². The first-order chi connectivity index (χ1) is 13.6. The van der Waals surface area contributed by atoms with Gasteiger partial charge in [-0.3, -0.25) is 4.79 Å². The van der Waals surface area contributed by atoms with Crippen LogP contribution in [-0.2, 0) is 6.54 Å². The van der Waals surface area contributed by atoms with Gasteiger partial charge in [0.2, 0.25) is 0 Å². The van der Waals surface area contributed by atoms with Gasteiger partial charge in [-0.05, 0) is 48.4 Å². The van der Waals surface area contributed by atoms with Crippen LogP contribution in [0.1, 0.15) is 47.8 Å². The summed E-state index contributed by atoms with van der Waals surface area (Å²) < 4.78 is 0. The van der Waals surface area contributed by atoms with Gasteiger partial charge in [-0.1, -0.05) is 43.1 Å². The number of rotatable bonds is 3. The molecule has 4 nitrogen and oxygen atoms in total. The number of nitrogens with zero attached hydrogens (tertiary/aromatic N) is 1. The molecule has 0 fully saturated rings. The van der Waals surface area contributed by atoms with Gasteiger partial charge in [0.05, 0.1) is 6.54 Å². The standard InChI is InChI=1S/C20H18Cl2N2O2.C2H6/c21-14-3-1-2-12(8-14)20(26)24-10-13(6-7-25)19-16-9-15(22)4-5-17(16)23-18(19)11-24;1-2/h1-5,8-9,13,23,25H,6-7,10-11H2;1-2H3. The van der Waals surface area contributed by atoms with Crippen LogP contribution in [0.2, 0.25) is 10.0 Å². The van der Waals surface area contributed by atoms with Crippen molar-refractivity contribution in [3.8, 4) is 0 Å². The third-order valence-electron chi connectivity index (χ3n) is 4.92. The molecule has 148 valence electrons. The van der Waals surface area contributed by atoms with Crippen LogP contribution in [0.15, 0.2) is 42.5 Å². The quantitative estimate of drug-likeness (QED) is 0.579. The highest BCUT2D eigenvalue weighted by molar-refractivity contribution is 6.31. The van der Waals surface area contributed by atoms with Crippen LogP contribution in [0.4, 0.5) is 0 Å². The second kappa shape index (κ2) is 8.99. The van der Waals surface area contributed by atoms with E-state index in [0.29, 0.717) is 35.1 Å². The van der Waals surface area contributed by atoms with Gasteiger partial charge in [0, 0.05) is 51.3 Å². The normalized spacial score (nSPS) is 15.8. The molecule has 6 heteroatoms. The van der Waals surface area contributed by atoms with Gasteiger partial charge in [0.25, 0.3) is 5.91 Å². The van der Waals surface area contributed by atoms with Gasteiger partial charge in [0.15, 0.2) is 0 Å². The molecule has 1 atom stereocenters. The number of hydrogen-bond donors (Lipinski definition) is 2. The van der Waals surface area contributed by atoms with E-state index in [1.165, 1.54) is 0 Å². The summed E-state index contributed by atoms with van der Waals surface area (Å²) >= 11 is 12.2. The topological polar surface area (TPSA) is 56.3 Å². The molecule has 2 heterocycles. The Morgan fingerprint density at radius 2 is 1.93 bits per heavy atom. The van der Waals surface area contributed by atoms with Crippen LogP contribution in [0.5, 0.6) is 0 Å². The van der Waals surface area contributed by atoms with Crippen molar-refractivity contribution in [3.05, 3.63) is 69.3 Å². The summed E-state index contributed by atoms with van der Waals surface area (Å²) in [7, 11) is 0. The number of aliphatic hydroxyl groups excluding tert-OH is 1. The molecule has 28 heavy (non-hydrogen) atoms. The van der Waals surface area contributed by atoms with Crippen molar-refractivity contribution in [2.24, 2.45) is 0 Å². The number of fused-ring (bicyclic) bond motifs is 3. The Balaban J connectivity index is 0.00000109. The van der Waals surface area contributed by atoms with Gasteiger partial charge in [0.1, 0.15) is 0 Å². The first-order valence-electron chi connectivity index (χ1n) is 9.52. The van der Waals surface area contributed by atoms with Crippen LogP contribution < -0.4 is 0 Å². The number of aromatic nitrogens is 1. The molecule has 1 unspecified atom stereocenters. The summed E-state index contributed by atoms with van der Waals surface area (Å²) in [5, 5.41) is 11.8. The Labute approximate surface area is 175 Å². The van der Waals surface area contributed by atoms with E-state index in [-0.39, 0.29) is 18.4 Å². The number of carbonyl (C=O) groups excluding carboxylic acids is 1. The average Bonchev–Trinajstić information content (AvgIpc) is 3.07. The Hall–Kier alpha value is -2.01. The largest absolute Gasteiger partial charge is 0.396 e. The van der Waals surface area contributed by atoms with E-state index in [1.54, 1.807) is 24.3 Å². The zero-order valence-electron chi connectivity index (χ0n) is 16.0. The Morgan fingerprint density at radius 3 is 2.64 bits per heavy atom. The summed E-state index contributed by atoms with van der Waals surface area (Å²) in [6.45, 7) is 5.11. The Kier molecular flexibility index (Phi) is 6.65. The lowest BCUT2D eigenvalue weighted by Gasteiger charge is -2.33. The first kappa shape index (κ1) is 20.7. The fourth-order valence-corrected chi connectivity index (χ4v) is 4.16. The zero-order chi connectivity index (χ0) is 20.3. The van der Waals surface area contributed by atoms with Crippen molar-refractivity contribution in [1.29, 1.82) is 0 Å². The van der Waals surface area contributed by atoms with Gasteiger partial charge in [-0.15, -0.1) is 0 Å². The molecule has 1 aliphatic rings. The van der Waals surface area contributed by atoms with E-state index in [9.17, 15) is 9.90 Å². The molecular formula is C22H24Cl2N2O2. The summed E-state index contributed by atoms with van der Waals surface area (Å²) in [4.78, 5) is 18.2. The van der Waals surface area contributed by atoms with E-state index in [4.69, 9.17) is 23.2 Å². The molecule has 0 radical (unpaired) electrons. The van der Waals surface area contributed by atoms with Crippen molar-refractivity contribution in [2.75, 3.05) is 13.2 Å². The lowest BCUT2D eigenvalue weighted by atomic mass is 9.89. The molecule has 0 bridgehead atoms. The second-order valence-electron chi connectivity index (χ2n) is 6.61. The van der Waals surface area contributed by atoms with Crippen LogP contribution in [0, 0.1) is 0 Å². The third kappa shape index (κ3) is 4.04. The average molecular weight is 419 g/mol. The molecule has 1 aliphatic heterocycles. The number of carbonyl (C=O) groups is 1. The number of halogens is 2. The SMILES string of the molecule is CC.O=C(c1cccc(Cl)c1)N1Cc2[nH]c3ccc(Cl)cc3c2C(CCO)C1. The first-order valence-corrected chi connectivity index (χ1v) is 10.3. The maximum absolute atomic E-state index is 13.0. The van der Waals surface area contributed by atoms with E-state index in [1.807, 2.05) is 36.9 Å². The minimum absolute atomic E-state index is 0.0547. The Morgan fingerprint density at radius 1 is 1.18 bits per heavy atom. The summed E-state index contributed by atoms with van der Waals surface area (Å²) in [5.41, 5.74) is 3.73. The molecule has 0 saturated carbocycles. The molecule has 2 aromatic carbocycles. The molecule has 0 saturated heterocycles. The van der Waals surface area contributed by atoms with Gasteiger partial charge >= 0.3 is 0 Å². The van der Waals surface area contributed by atoms with E-state index in [0.717, 1.165) is 22.2 Å². The van der Waals surface area contributed by atoms with Gasteiger partial charge in [-0.25, -0.2) is 0 Å². The van der Waals surface area contributed by atoms with Crippen LogP contribution in [-0.4, -0.2) is 34.0 Å². The molecule has 1 amide bonds. The molecule has 0 aliphatic carbocycles. The van der Waals surface area contributed by atoms with Crippen molar-refractivity contribution in [3.63, 3.8) is 0 Å². The van der Waals surface area contributed by atoms with Crippen LogP contribution in [0.3, 0.4) is 0 Å². The highest BCUT2D eigenvalue weighted by Gasteiger charge is 2.31. The molecule has 2 N–H and O–H groups in total. The molecule has 1 aromatic heterocycles. The molecular weight excluding hydrogens is 395 g/mol. The summed E-state index contributed by atoms with van der Waals surface area (Å²) in [6, 6.07) is 12.7. The fourth-order valence-electron chi connectivity index (χ4n) is 3.79. The predicted octanol–water partition coefficient (Wildman–Crippen LogP) is 5.62. The lowest BCUT2D eigenvalue weighted by molar-refractivity contribution is 0.0707. The lowest BCUT2D eigenvalue weighted by Crippen LogP contribution is -2.38. The zero-order valence-corrected chi connectivity index (χ0v) is 17.5. The minimum atomic E-state index is -0.0576. The minimum Gasteiger partial charge on any atom is -0.396 e. The number of benzene rings is 2. The van der Waals surface area contributed by atoms with Crippen LogP contribution >= 0.6 is 23.2 Å². The summed E-state index contributed by atoms with van der Waals surface area (Å²) in [5.74, 6) is -0.00289. The van der Waals surface area contributed by atoms with Crippen molar-refractivity contribution >= 4 is 40.0 Å². The number of nitrogens with one attached hydrogen (secondary N) is 1. The number of aromatic amines is 1. The van der Waals surface area contributed by atoms with Crippen molar-refractivity contribution in [1.82, 2.24) is 9.88 Å². The number of amides is 1. The molecule has 4 rings (SSSR count). The molecule has 0 spiro atoms. The molecule has 3 aromatic rings. The number of aliphatic hydroxyl groups is 1. The number of hydrogen-bond acceptors (Lipinski definition) is 2. The third-order valence-corrected chi connectivity index (χ3v) is 5.39. The smallest absolute Gasteiger partial charge is 0.254 e. The maximum atomic E-state index is 13.0. The predicted molar refractivity (Wildman–Crippen MR) is 115 cm³/mol. The summed E-state index contributed by atoms with van der Waals surface area (Å²) in [6.07, 6.45) is 0.589. The van der Waals surface area contributed by atoms with E-state index < -0.39 is 0 Å². The van der Waals surface area contributed by atoms with Crippen LogP contribution in [0.25, 0.3) is 10.9 Å². The fraction of sp³-hybridized carbons (Fsp3) is 0.318. The maximum Gasteiger partial charge on any atom is 0.254 e. The van der Waals surface area contributed by atoms with E-state index >= 15 is 0 Å². The number of H-pyrrole nitrogens is 1. The monoisotopic (exact) mass is 418 g/mol. The second-order valence-corrected chi connectivity index (χ2v) is 7.49. The van der Waals surface area contributed by atoms with Crippen molar-refractivity contribution in [2.45, 2.75) is 32.7 Å². The van der Waals surface area contributed by atoms with E-state index in [2.05, 4.69) is 4.98 Å². The van der Waals surface area contributed by atoms with Gasteiger partial charge < -0.3 is 15.0 Å². The highest BCUT2D eigenvalue weighted by atomic mass is 35.5. The highest BCUT2D eigenvalue weighted by Crippen LogP contribution is 2.37. The Bertz CT molecular complexity index is 984.